The third-order valence-corrected chi connectivity index (χ3v) is 7.36. The van der Waals surface area contributed by atoms with Crippen LogP contribution < -0.4 is 9.64 Å². The van der Waals surface area contributed by atoms with E-state index in [9.17, 15) is 4.79 Å². The average Bonchev–Trinajstić information content (AvgIpc) is 3.18. The van der Waals surface area contributed by atoms with Crippen molar-refractivity contribution < 1.29 is 9.53 Å². The second kappa shape index (κ2) is 12.6. The molecule has 0 bridgehead atoms. The summed E-state index contributed by atoms with van der Waals surface area (Å²) in [6.45, 7) is 1.43. The maximum atomic E-state index is 13.1. The van der Waals surface area contributed by atoms with Gasteiger partial charge in [0.1, 0.15) is 5.75 Å². The Labute approximate surface area is 203 Å². The van der Waals surface area contributed by atoms with Crippen LogP contribution in [-0.4, -0.2) is 62.1 Å². The minimum atomic E-state index is 0. The first kappa shape index (κ1) is 25.8. The van der Waals surface area contributed by atoms with E-state index in [2.05, 4.69) is 23.3 Å². The molecule has 0 fully saturated rings. The quantitative estimate of drug-likeness (QED) is 0.343. The zero-order chi connectivity index (χ0) is 21.5. The maximum Gasteiger partial charge on any atom is 0.229 e. The number of carbonyl (C=O) groups excluding carboxylic acids is 1. The Morgan fingerprint density at radius 2 is 1.87 bits per heavy atom. The van der Waals surface area contributed by atoms with Crippen molar-refractivity contribution in [2.75, 3.05) is 51.2 Å². The zero-order valence-corrected chi connectivity index (χ0v) is 21.4. The number of rotatable bonds is 10. The third kappa shape index (κ3) is 7.02. The summed E-state index contributed by atoms with van der Waals surface area (Å²) in [5.74, 6) is 1.68. The molecule has 0 saturated carbocycles. The predicted octanol–water partition coefficient (Wildman–Crippen LogP) is 5.53. The molecule has 0 spiro atoms. The van der Waals surface area contributed by atoms with Crippen LogP contribution in [0.3, 0.4) is 0 Å². The largest absolute Gasteiger partial charge is 0.497 e. The molecule has 0 aliphatic heterocycles. The van der Waals surface area contributed by atoms with Crippen molar-refractivity contribution in [1.82, 2.24) is 9.88 Å². The van der Waals surface area contributed by atoms with E-state index in [1.54, 1.807) is 42.0 Å². The molecular weight excluding hydrogens is 470 g/mol. The van der Waals surface area contributed by atoms with Gasteiger partial charge in [0.05, 0.1) is 17.3 Å². The van der Waals surface area contributed by atoms with Gasteiger partial charge in [0, 0.05) is 35.1 Å². The fourth-order valence-corrected chi connectivity index (χ4v) is 5.39. The average molecular weight is 498 g/mol. The number of hydrogen-bond donors (Lipinski definition) is 0. The zero-order valence-electron chi connectivity index (χ0n) is 18.2. The van der Waals surface area contributed by atoms with Gasteiger partial charge in [-0.05, 0) is 56.7 Å². The van der Waals surface area contributed by atoms with Crippen LogP contribution in [0.2, 0.25) is 0 Å². The number of benzene rings is 2. The van der Waals surface area contributed by atoms with Gasteiger partial charge in [0.2, 0.25) is 5.91 Å². The molecule has 1 aromatic heterocycles. The molecule has 0 aliphatic carbocycles. The number of amides is 1. The number of carbonyl (C=O) groups is 1. The van der Waals surface area contributed by atoms with Crippen LogP contribution in [0.15, 0.2) is 52.3 Å². The molecule has 0 saturated heterocycles. The van der Waals surface area contributed by atoms with E-state index in [4.69, 9.17) is 9.72 Å². The van der Waals surface area contributed by atoms with Crippen molar-refractivity contribution in [2.45, 2.75) is 16.2 Å². The van der Waals surface area contributed by atoms with Crippen molar-refractivity contribution in [3.8, 4) is 5.75 Å². The second-order valence-electron chi connectivity index (χ2n) is 6.93. The SMILES string of the molecule is COc1ccc(SCCC(=O)N(CCN(C)C)c2nc3c(SC)cccc3s2)cc1.Cl. The summed E-state index contributed by atoms with van der Waals surface area (Å²) >= 11 is 4.96. The van der Waals surface area contributed by atoms with Gasteiger partial charge in [-0.15, -0.1) is 35.9 Å². The summed E-state index contributed by atoms with van der Waals surface area (Å²) in [5, 5.41) is 0.785. The number of likely N-dealkylation sites (N-methyl/N-ethyl adjacent to an activating group) is 1. The van der Waals surface area contributed by atoms with Crippen molar-refractivity contribution in [1.29, 1.82) is 0 Å². The van der Waals surface area contributed by atoms with Crippen LogP contribution in [0.25, 0.3) is 10.2 Å². The second-order valence-corrected chi connectivity index (χ2v) is 9.95. The Morgan fingerprint density at radius 3 is 2.52 bits per heavy atom. The first-order chi connectivity index (χ1) is 14.5. The Bertz CT molecular complexity index is 980. The van der Waals surface area contributed by atoms with Gasteiger partial charge in [-0.3, -0.25) is 9.69 Å². The lowest BCUT2D eigenvalue weighted by Gasteiger charge is -2.22. The summed E-state index contributed by atoms with van der Waals surface area (Å²) in [7, 11) is 5.70. The number of ether oxygens (including phenoxy) is 1. The molecule has 0 radical (unpaired) electrons. The van der Waals surface area contributed by atoms with E-state index in [0.717, 1.165) is 43.2 Å². The first-order valence-corrected chi connectivity index (χ1v) is 12.7. The molecule has 9 heteroatoms. The molecule has 1 heterocycles. The number of hydrogen-bond acceptors (Lipinski definition) is 7. The lowest BCUT2D eigenvalue weighted by atomic mass is 10.3. The van der Waals surface area contributed by atoms with Crippen molar-refractivity contribution in [3.05, 3.63) is 42.5 Å². The van der Waals surface area contributed by atoms with Gasteiger partial charge in [0.25, 0.3) is 0 Å². The number of para-hydroxylation sites is 1. The fourth-order valence-electron chi connectivity index (χ4n) is 2.88. The molecule has 0 N–H and O–H groups in total. The molecule has 5 nitrogen and oxygen atoms in total. The number of halogens is 1. The van der Waals surface area contributed by atoms with Crippen LogP contribution in [0, 0.1) is 0 Å². The number of nitrogens with zero attached hydrogens (tertiary/aromatic N) is 3. The maximum absolute atomic E-state index is 13.1. The highest BCUT2D eigenvalue weighted by molar-refractivity contribution is 7.99. The van der Waals surface area contributed by atoms with E-state index < -0.39 is 0 Å². The number of anilines is 1. The van der Waals surface area contributed by atoms with Gasteiger partial charge < -0.3 is 9.64 Å². The summed E-state index contributed by atoms with van der Waals surface area (Å²) in [6, 6.07) is 14.1. The Hall–Kier alpha value is -1.45. The number of methoxy groups -OCH3 is 1. The van der Waals surface area contributed by atoms with E-state index >= 15 is 0 Å². The highest BCUT2D eigenvalue weighted by Crippen LogP contribution is 2.34. The van der Waals surface area contributed by atoms with Crippen LogP contribution >= 0.6 is 47.3 Å². The van der Waals surface area contributed by atoms with E-state index in [1.807, 2.05) is 49.3 Å². The molecule has 2 aromatic carbocycles. The Kier molecular flexibility index (Phi) is 10.4. The van der Waals surface area contributed by atoms with Crippen LogP contribution in [0.4, 0.5) is 5.13 Å². The van der Waals surface area contributed by atoms with Gasteiger partial charge in [-0.2, -0.15) is 0 Å². The van der Waals surface area contributed by atoms with Gasteiger partial charge in [-0.25, -0.2) is 4.98 Å². The van der Waals surface area contributed by atoms with Crippen LogP contribution in [-0.2, 0) is 4.79 Å². The van der Waals surface area contributed by atoms with Crippen LogP contribution in [0.1, 0.15) is 6.42 Å². The lowest BCUT2D eigenvalue weighted by Crippen LogP contribution is -2.36. The molecule has 1 amide bonds. The van der Waals surface area contributed by atoms with Crippen LogP contribution in [0.5, 0.6) is 5.75 Å². The Balaban J connectivity index is 0.00000341. The predicted molar refractivity (Wildman–Crippen MR) is 138 cm³/mol. The first-order valence-electron chi connectivity index (χ1n) is 9.67. The lowest BCUT2D eigenvalue weighted by molar-refractivity contribution is -0.118. The fraction of sp³-hybridized carbons (Fsp3) is 0.364. The van der Waals surface area contributed by atoms with Gasteiger partial charge >= 0.3 is 0 Å². The minimum Gasteiger partial charge on any atom is -0.497 e. The molecule has 0 aliphatic rings. The highest BCUT2D eigenvalue weighted by atomic mass is 35.5. The molecule has 168 valence electrons. The number of thiazole rings is 1. The van der Waals surface area contributed by atoms with Crippen molar-refractivity contribution >= 4 is 68.5 Å². The van der Waals surface area contributed by atoms with Gasteiger partial charge in [-0.1, -0.05) is 17.4 Å². The molecule has 3 rings (SSSR count). The van der Waals surface area contributed by atoms with Crippen molar-refractivity contribution in [3.63, 3.8) is 0 Å². The smallest absolute Gasteiger partial charge is 0.229 e. The normalized spacial score (nSPS) is 10.9. The number of aromatic nitrogens is 1. The molecule has 0 unspecified atom stereocenters. The summed E-state index contributed by atoms with van der Waals surface area (Å²) in [6.07, 6.45) is 2.52. The summed E-state index contributed by atoms with van der Waals surface area (Å²) in [4.78, 5) is 24.2. The molecule has 3 aromatic rings. The molecule has 31 heavy (non-hydrogen) atoms. The number of fused-ring (bicyclic) bond motifs is 1. The standard InChI is InChI=1S/C22H27N3O2S3.ClH/c1-24(2)13-14-25(22-23-21-18(28-4)6-5-7-19(21)30-22)20(26)12-15-29-17-10-8-16(27-3)9-11-17;/h5-11H,12-15H2,1-4H3;1H. The summed E-state index contributed by atoms with van der Waals surface area (Å²) in [5.41, 5.74) is 0.986. The topological polar surface area (TPSA) is 45.7 Å². The molecular formula is C22H28ClN3O2S3. The van der Waals surface area contributed by atoms with Crippen molar-refractivity contribution in [2.24, 2.45) is 0 Å². The van der Waals surface area contributed by atoms with Gasteiger partial charge in [0.15, 0.2) is 5.13 Å². The monoisotopic (exact) mass is 497 g/mol. The van der Waals surface area contributed by atoms with E-state index in [-0.39, 0.29) is 18.3 Å². The molecule has 0 atom stereocenters. The third-order valence-electron chi connectivity index (χ3n) is 4.54. The van der Waals surface area contributed by atoms with E-state index in [0.29, 0.717) is 13.0 Å². The van der Waals surface area contributed by atoms with E-state index in [1.165, 1.54) is 0 Å². The highest BCUT2D eigenvalue weighted by Gasteiger charge is 2.20. The summed E-state index contributed by atoms with van der Waals surface area (Å²) < 4.78 is 6.32. The number of thioether (sulfide) groups is 2. The Morgan fingerprint density at radius 1 is 1.13 bits per heavy atom. The minimum absolute atomic E-state index is 0.